The van der Waals surface area contributed by atoms with Gasteiger partial charge in [0.2, 0.25) is 0 Å². The van der Waals surface area contributed by atoms with E-state index in [0.29, 0.717) is 0 Å². The Labute approximate surface area is 79.2 Å². The molecule has 1 rings (SSSR count). The fourth-order valence-corrected chi connectivity index (χ4v) is 0.236. The summed E-state index contributed by atoms with van der Waals surface area (Å²) in [6.45, 7) is 0.778. The van der Waals surface area contributed by atoms with Gasteiger partial charge < -0.3 is 0 Å². The van der Waals surface area contributed by atoms with Gasteiger partial charge in [0.1, 0.15) is 6.34 Å². The van der Waals surface area contributed by atoms with E-state index in [0.717, 1.165) is 6.54 Å². The molecule has 6 heavy (non-hydrogen) atoms. The second kappa shape index (κ2) is 4.14. The summed E-state index contributed by atoms with van der Waals surface area (Å²) in [6, 6.07) is 0. The van der Waals surface area contributed by atoms with Crippen LogP contribution in [0.2, 0.25) is 0 Å². The molecule has 0 aliphatic carbocycles. The molecule has 0 aromatic heterocycles. The monoisotopic (exact) mass is 108 g/mol. The first-order valence-corrected chi connectivity index (χ1v) is 1.50. The van der Waals surface area contributed by atoms with E-state index in [1.54, 1.807) is 12.6 Å². The van der Waals surface area contributed by atoms with Gasteiger partial charge in [0.15, 0.2) is 0 Å². The second-order valence-electron chi connectivity index (χ2n) is 0.812. The Morgan fingerprint density at radius 2 is 2.33 bits per heavy atom. The van der Waals surface area contributed by atoms with Crippen LogP contribution in [-0.4, -0.2) is 70.5 Å². The van der Waals surface area contributed by atoms with E-state index >= 15 is 0 Å². The summed E-state index contributed by atoms with van der Waals surface area (Å²) in [4.78, 5) is 7.40. The van der Waals surface area contributed by atoms with Crippen LogP contribution in [0.25, 0.3) is 0 Å². The zero-order chi connectivity index (χ0) is 3.54. The summed E-state index contributed by atoms with van der Waals surface area (Å²) in [7, 11) is 0. The molecule has 1 aliphatic heterocycles. The van der Waals surface area contributed by atoms with Gasteiger partial charge in [0.25, 0.3) is 0 Å². The Morgan fingerprint density at radius 1 is 1.50 bits per heavy atom. The van der Waals surface area contributed by atoms with Crippen molar-refractivity contribution in [3.05, 3.63) is 0 Å². The van der Waals surface area contributed by atoms with E-state index < -0.39 is 0 Å². The molecule has 0 aromatic carbocycles. The van der Waals surface area contributed by atoms with E-state index in [9.17, 15) is 0 Å². The summed E-state index contributed by atoms with van der Waals surface area (Å²) in [5, 5.41) is 0. The van der Waals surface area contributed by atoms with Gasteiger partial charge in [-0.15, -0.1) is 0 Å². The number of hydrogen-bond donors (Lipinski definition) is 0. The quantitative estimate of drug-likeness (QED) is 0.372. The summed E-state index contributed by atoms with van der Waals surface area (Å²) in [5.41, 5.74) is 0. The van der Waals surface area contributed by atoms with Crippen LogP contribution in [-0.2, 0) is 0 Å². The van der Waals surface area contributed by atoms with Gasteiger partial charge in [-0.1, -0.05) is 0 Å². The van der Waals surface area contributed by atoms with Crippen LogP contribution >= 0.6 is 0 Å². The Hall–Kier alpha value is 0.976. The molecule has 0 N–H and O–H groups in total. The predicted molar refractivity (Wildman–Crippen MR) is 29.0 cm³/mol. The van der Waals surface area contributed by atoms with Gasteiger partial charge in [-0.25, -0.2) is 4.99 Å². The van der Waals surface area contributed by atoms with Crippen LogP contribution in [0.5, 0.6) is 0 Å². The molecule has 0 radical (unpaired) electrons. The molecule has 0 fully saturated rings. The zero-order valence-electron chi connectivity index (χ0n) is 2.76. The summed E-state index contributed by atoms with van der Waals surface area (Å²) in [5.74, 6) is 0. The van der Waals surface area contributed by atoms with E-state index in [-0.39, 0.29) is 51.4 Å². The maximum atomic E-state index is 3.74. The number of rotatable bonds is 0. The SMILES string of the molecule is C1=NC=NC1.[KH]. The normalized spacial score (nSPS) is 14.7. The van der Waals surface area contributed by atoms with Crippen molar-refractivity contribution in [2.24, 2.45) is 9.98 Å². The molecular formula is C3H5KN2. The molecule has 28 valence electrons. The second-order valence-corrected chi connectivity index (χ2v) is 0.812. The molecule has 0 atom stereocenters. The van der Waals surface area contributed by atoms with Crippen molar-refractivity contribution in [2.75, 3.05) is 6.54 Å². The van der Waals surface area contributed by atoms with Crippen LogP contribution in [0.15, 0.2) is 9.98 Å². The zero-order valence-corrected chi connectivity index (χ0v) is 2.76. The average Bonchev–Trinajstić information content (AvgIpc) is 1.76. The Morgan fingerprint density at radius 3 is 2.50 bits per heavy atom. The predicted octanol–water partition coefficient (Wildman–Crippen LogP) is -0.549. The first-order chi connectivity index (χ1) is 2.50. The average molecular weight is 108 g/mol. The van der Waals surface area contributed by atoms with Gasteiger partial charge in [-0.3, -0.25) is 4.99 Å². The van der Waals surface area contributed by atoms with Crippen molar-refractivity contribution in [3.8, 4) is 0 Å². The van der Waals surface area contributed by atoms with E-state index in [1.807, 2.05) is 0 Å². The molecule has 0 bridgehead atoms. The molecule has 2 nitrogen and oxygen atoms in total. The van der Waals surface area contributed by atoms with Crippen molar-refractivity contribution in [3.63, 3.8) is 0 Å². The third kappa shape index (κ3) is 2.20. The molecule has 0 saturated carbocycles. The van der Waals surface area contributed by atoms with Crippen molar-refractivity contribution >= 4 is 63.9 Å². The number of hydrogen-bond acceptors (Lipinski definition) is 2. The third-order valence-corrected chi connectivity index (χ3v) is 0.441. The Balaban J connectivity index is 0.000000250. The number of aliphatic imine (C=N–C) groups is 2. The van der Waals surface area contributed by atoms with Gasteiger partial charge >= 0.3 is 51.4 Å². The molecule has 3 heteroatoms. The first kappa shape index (κ1) is 6.98. The summed E-state index contributed by atoms with van der Waals surface area (Å²) in [6.07, 6.45) is 3.32. The van der Waals surface area contributed by atoms with E-state index in [4.69, 9.17) is 0 Å². The minimum absolute atomic E-state index is 0. The Kier molecular flexibility index (Phi) is 4.82. The van der Waals surface area contributed by atoms with Crippen LogP contribution < -0.4 is 0 Å². The topological polar surface area (TPSA) is 24.7 Å². The molecular weight excluding hydrogens is 103 g/mol. The van der Waals surface area contributed by atoms with Crippen LogP contribution in [0.1, 0.15) is 0 Å². The van der Waals surface area contributed by atoms with Gasteiger partial charge in [0.05, 0.1) is 6.54 Å². The molecule has 0 aromatic rings. The van der Waals surface area contributed by atoms with Crippen LogP contribution in [0.3, 0.4) is 0 Å². The standard InChI is InChI=1S/C3H4N2.K.H/c1-2-5-3-4-1;;/h1,3H,2H2;;. The van der Waals surface area contributed by atoms with Crippen molar-refractivity contribution in [1.29, 1.82) is 0 Å². The van der Waals surface area contributed by atoms with Crippen LogP contribution in [0, 0.1) is 0 Å². The Bertz CT molecular complexity index is 66.9. The van der Waals surface area contributed by atoms with E-state index in [1.165, 1.54) is 0 Å². The van der Waals surface area contributed by atoms with Crippen molar-refractivity contribution < 1.29 is 0 Å². The summed E-state index contributed by atoms with van der Waals surface area (Å²) < 4.78 is 0. The van der Waals surface area contributed by atoms with Gasteiger partial charge in [-0.05, 0) is 0 Å². The van der Waals surface area contributed by atoms with Gasteiger partial charge in [0, 0.05) is 6.21 Å². The fourth-order valence-electron chi connectivity index (χ4n) is 0.236. The third-order valence-electron chi connectivity index (χ3n) is 0.441. The van der Waals surface area contributed by atoms with Gasteiger partial charge in [-0.2, -0.15) is 0 Å². The van der Waals surface area contributed by atoms with E-state index in [2.05, 4.69) is 9.98 Å². The fraction of sp³-hybridized carbons (Fsp3) is 0.333. The maximum absolute atomic E-state index is 3.74. The minimum atomic E-state index is 0. The molecule has 0 amide bonds. The molecule has 0 saturated heterocycles. The van der Waals surface area contributed by atoms with Crippen molar-refractivity contribution in [2.45, 2.75) is 0 Å². The first-order valence-electron chi connectivity index (χ1n) is 1.50. The molecule has 0 spiro atoms. The molecule has 1 heterocycles. The number of nitrogens with zero attached hydrogens (tertiary/aromatic N) is 2. The van der Waals surface area contributed by atoms with Crippen LogP contribution in [0.4, 0.5) is 0 Å². The molecule has 0 unspecified atom stereocenters. The van der Waals surface area contributed by atoms with Crippen molar-refractivity contribution in [1.82, 2.24) is 0 Å². The molecule has 1 aliphatic rings. The summed E-state index contributed by atoms with van der Waals surface area (Å²) >= 11 is 0.